The van der Waals surface area contributed by atoms with Crippen molar-refractivity contribution in [1.29, 1.82) is 0 Å². The molecule has 0 aliphatic rings. The minimum Gasteiger partial charge on any atom is -0.496 e. The van der Waals surface area contributed by atoms with Crippen molar-refractivity contribution in [2.45, 2.75) is 19.6 Å². The molecule has 0 saturated heterocycles. The zero-order valence-corrected chi connectivity index (χ0v) is 18.1. The van der Waals surface area contributed by atoms with Gasteiger partial charge in [-0.1, -0.05) is 29.4 Å². The largest absolute Gasteiger partial charge is 0.496 e. The van der Waals surface area contributed by atoms with E-state index in [1.807, 2.05) is 66.7 Å². The summed E-state index contributed by atoms with van der Waals surface area (Å²) >= 11 is 0. The minimum atomic E-state index is -0.102. The molecule has 0 saturated carbocycles. The van der Waals surface area contributed by atoms with Gasteiger partial charge in [0.25, 0.3) is 5.91 Å². The molecule has 7 heteroatoms. The van der Waals surface area contributed by atoms with E-state index in [0.717, 1.165) is 34.1 Å². The van der Waals surface area contributed by atoms with E-state index in [1.165, 1.54) is 0 Å². The number of hydrogen-bond donors (Lipinski definition) is 1. The molecule has 7 nitrogen and oxygen atoms in total. The second-order valence-corrected chi connectivity index (χ2v) is 7.38. The fraction of sp³-hybridized carbons (Fsp3) is 0.200. The summed E-state index contributed by atoms with van der Waals surface area (Å²) in [6, 6.07) is 21.0. The SMILES string of the molecule is CNC(=O)c1ccc(CN(Cc2ccco2)Cc2cc(-c3ccccc3OC)no2)cc1. The zero-order valence-electron chi connectivity index (χ0n) is 18.1. The maximum absolute atomic E-state index is 11.8. The summed E-state index contributed by atoms with van der Waals surface area (Å²) in [5.74, 6) is 2.24. The fourth-order valence-corrected chi connectivity index (χ4v) is 3.55. The summed E-state index contributed by atoms with van der Waals surface area (Å²) in [5, 5.41) is 6.88. The lowest BCUT2D eigenvalue weighted by molar-refractivity contribution is 0.0963. The predicted octanol–water partition coefficient (Wildman–Crippen LogP) is 4.51. The summed E-state index contributed by atoms with van der Waals surface area (Å²) in [6.07, 6.45) is 1.67. The molecule has 0 radical (unpaired) electrons. The molecule has 32 heavy (non-hydrogen) atoms. The van der Waals surface area contributed by atoms with Gasteiger partial charge in [-0.15, -0.1) is 0 Å². The number of aromatic nitrogens is 1. The van der Waals surface area contributed by atoms with E-state index in [-0.39, 0.29) is 5.91 Å². The van der Waals surface area contributed by atoms with Gasteiger partial charge in [0.2, 0.25) is 0 Å². The number of rotatable bonds is 9. The average molecular weight is 431 g/mol. The highest BCUT2D eigenvalue weighted by atomic mass is 16.5. The number of hydrogen-bond acceptors (Lipinski definition) is 6. The van der Waals surface area contributed by atoms with Crippen LogP contribution in [0.1, 0.15) is 27.4 Å². The van der Waals surface area contributed by atoms with E-state index in [1.54, 1.807) is 20.4 Å². The molecule has 2 aromatic carbocycles. The third-order valence-corrected chi connectivity index (χ3v) is 5.13. The highest BCUT2D eigenvalue weighted by molar-refractivity contribution is 5.93. The lowest BCUT2D eigenvalue weighted by atomic mass is 10.1. The van der Waals surface area contributed by atoms with Crippen molar-refractivity contribution in [2.75, 3.05) is 14.2 Å². The van der Waals surface area contributed by atoms with Gasteiger partial charge in [0, 0.05) is 30.8 Å². The lowest BCUT2D eigenvalue weighted by Gasteiger charge is -2.20. The number of para-hydroxylation sites is 1. The van der Waals surface area contributed by atoms with Crippen LogP contribution in [0.2, 0.25) is 0 Å². The quantitative estimate of drug-likeness (QED) is 0.420. The van der Waals surface area contributed by atoms with Crippen molar-refractivity contribution in [2.24, 2.45) is 0 Å². The molecule has 1 amide bonds. The number of nitrogens with one attached hydrogen (secondary N) is 1. The molecule has 0 fully saturated rings. The molecule has 4 aromatic rings. The molecule has 4 rings (SSSR count). The molecule has 0 unspecified atom stereocenters. The van der Waals surface area contributed by atoms with Crippen LogP contribution in [0.3, 0.4) is 0 Å². The number of carbonyl (C=O) groups excluding carboxylic acids is 1. The Morgan fingerprint density at radius 3 is 2.50 bits per heavy atom. The average Bonchev–Trinajstić information content (AvgIpc) is 3.51. The minimum absolute atomic E-state index is 0.102. The highest BCUT2D eigenvalue weighted by Crippen LogP contribution is 2.29. The second kappa shape index (κ2) is 9.98. The predicted molar refractivity (Wildman–Crippen MR) is 120 cm³/mol. The maximum atomic E-state index is 11.8. The van der Waals surface area contributed by atoms with Crippen molar-refractivity contribution < 1.29 is 18.5 Å². The molecule has 0 aliphatic carbocycles. The van der Waals surface area contributed by atoms with E-state index < -0.39 is 0 Å². The van der Waals surface area contributed by atoms with E-state index >= 15 is 0 Å². The summed E-state index contributed by atoms with van der Waals surface area (Å²) in [7, 11) is 3.26. The summed E-state index contributed by atoms with van der Waals surface area (Å²) in [6.45, 7) is 1.80. The number of carbonyl (C=O) groups is 1. The molecule has 2 aromatic heterocycles. The molecule has 0 spiro atoms. The van der Waals surface area contributed by atoms with Gasteiger partial charge in [-0.05, 0) is 42.0 Å². The van der Waals surface area contributed by atoms with Crippen molar-refractivity contribution in [3.8, 4) is 17.0 Å². The monoisotopic (exact) mass is 431 g/mol. The van der Waals surface area contributed by atoms with Gasteiger partial charge in [0.05, 0.1) is 26.5 Å². The van der Waals surface area contributed by atoms with Crippen molar-refractivity contribution in [3.63, 3.8) is 0 Å². The van der Waals surface area contributed by atoms with Crippen LogP contribution in [-0.4, -0.2) is 30.1 Å². The second-order valence-electron chi connectivity index (χ2n) is 7.38. The molecule has 2 heterocycles. The Balaban J connectivity index is 1.52. The Morgan fingerprint density at radius 1 is 1.00 bits per heavy atom. The molecule has 0 atom stereocenters. The van der Waals surface area contributed by atoms with Gasteiger partial charge in [0.1, 0.15) is 17.2 Å². The Kier molecular flexibility index (Phi) is 6.67. The molecule has 1 N–H and O–H groups in total. The van der Waals surface area contributed by atoms with Gasteiger partial charge >= 0.3 is 0 Å². The Labute approximate surface area is 186 Å². The third kappa shape index (κ3) is 5.07. The molecular formula is C25H25N3O4. The van der Waals surface area contributed by atoms with Crippen LogP contribution in [-0.2, 0) is 19.6 Å². The van der Waals surface area contributed by atoms with Gasteiger partial charge in [-0.3, -0.25) is 9.69 Å². The maximum Gasteiger partial charge on any atom is 0.251 e. The number of nitrogens with zero attached hydrogens (tertiary/aromatic N) is 2. The first kappa shape index (κ1) is 21.4. The van der Waals surface area contributed by atoms with Crippen molar-refractivity contribution in [1.82, 2.24) is 15.4 Å². The topological polar surface area (TPSA) is 80.7 Å². The number of ether oxygens (including phenoxy) is 1. The van der Waals surface area contributed by atoms with Crippen LogP contribution >= 0.6 is 0 Å². The number of methoxy groups -OCH3 is 1. The zero-order chi connectivity index (χ0) is 22.3. The normalized spacial score (nSPS) is 11.0. The molecule has 0 bridgehead atoms. The van der Waals surface area contributed by atoms with Crippen LogP contribution in [0.5, 0.6) is 5.75 Å². The smallest absolute Gasteiger partial charge is 0.251 e. The Hall–Kier alpha value is -3.84. The Morgan fingerprint density at radius 2 is 1.78 bits per heavy atom. The van der Waals surface area contributed by atoms with E-state index in [2.05, 4.69) is 15.4 Å². The van der Waals surface area contributed by atoms with Crippen molar-refractivity contribution in [3.05, 3.63) is 95.6 Å². The van der Waals surface area contributed by atoms with Gasteiger partial charge in [-0.2, -0.15) is 0 Å². The van der Waals surface area contributed by atoms with Crippen LogP contribution in [0.25, 0.3) is 11.3 Å². The van der Waals surface area contributed by atoms with Crippen molar-refractivity contribution >= 4 is 5.91 Å². The lowest BCUT2D eigenvalue weighted by Crippen LogP contribution is -2.22. The van der Waals surface area contributed by atoms with Crippen LogP contribution in [0, 0.1) is 0 Å². The number of furan rings is 1. The van der Waals surface area contributed by atoms with Crippen LogP contribution < -0.4 is 10.1 Å². The number of amides is 1. The molecule has 0 aliphatic heterocycles. The number of benzene rings is 2. The van der Waals surface area contributed by atoms with Gasteiger partial charge in [0.15, 0.2) is 5.76 Å². The first-order valence-electron chi connectivity index (χ1n) is 10.3. The molecular weight excluding hydrogens is 406 g/mol. The Bertz CT molecular complexity index is 1150. The highest BCUT2D eigenvalue weighted by Gasteiger charge is 2.16. The molecule has 164 valence electrons. The van der Waals surface area contributed by atoms with Crippen LogP contribution in [0.15, 0.2) is 81.9 Å². The van der Waals surface area contributed by atoms with E-state index in [0.29, 0.717) is 25.2 Å². The first-order valence-corrected chi connectivity index (χ1v) is 10.3. The van der Waals surface area contributed by atoms with Crippen LogP contribution in [0.4, 0.5) is 0 Å². The first-order chi connectivity index (χ1) is 15.7. The van der Waals surface area contributed by atoms with E-state index in [4.69, 9.17) is 13.7 Å². The van der Waals surface area contributed by atoms with Gasteiger partial charge < -0.3 is 19.0 Å². The summed E-state index contributed by atoms with van der Waals surface area (Å²) in [5.41, 5.74) is 3.32. The standard InChI is InChI=1S/C25H25N3O4/c1-26-25(29)19-11-9-18(10-12-19)15-28(16-20-6-5-13-31-20)17-21-14-23(27-32-21)22-7-3-4-8-24(22)30-2/h3-14H,15-17H2,1-2H3,(H,26,29). The fourth-order valence-electron chi connectivity index (χ4n) is 3.55. The van der Waals surface area contributed by atoms with E-state index in [9.17, 15) is 4.79 Å². The third-order valence-electron chi connectivity index (χ3n) is 5.13. The summed E-state index contributed by atoms with van der Waals surface area (Å²) in [4.78, 5) is 14.0. The summed E-state index contributed by atoms with van der Waals surface area (Å²) < 4.78 is 16.6. The van der Waals surface area contributed by atoms with Gasteiger partial charge in [-0.25, -0.2) is 0 Å².